The van der Waals surface area contributed by atoms with Crippen LogP contribution in [-0.2, 0) is 13.0 Å². The number of guanidine groups is 1. The lowest BCUT2D eigenvalue weighted by Crippen LogP contribution is -2.45. The molecule has 22 heavy (non-hydrogen) atoms. The lowest BCUT2D eigenvalue weighted by atomic mass is 10.3. The number of hydrogen-bond donors (Lipinski definition) is 2. The fourth-order valence-electron chi connectivity index (χ4n) is 2.30. The molecule has 1 aromatic heterocycles. The molecule has 0 bridgehead atoms. The summed E-state index contributed by atoms with van der Waals surface area (Å²) >= 11 is 1.75. The maximum Gasteiger partial charge on any atom is 0.191 e. The summed E-state index contributed by atoms with van der Waals surface area (Å²) in [5.41, 5.74) is 0. The van der Waals surface area contributed by atoms with Crippen molar-refractivity contribution in [3.63, 3.8) is 0 Å². The van der Waals surface area contributed by atoms with Crippen molar-refractivity contribution >= 4 is 17.3 Å². The molecule has 1 aromatic rings. The van der Waals surface area contributed by atoms with Crippen LogP contribution in [0.5, 0.6) is 0 Å². The maximum absolute atomic E-state index is 4.65. The maximum atomic E-state index is 4.65. The molecule has 6 heteroatoms. The van der Waals surface area contributed by atoms with Gasteiger partial charge >= 0.3 is 0 Å². The van der Waals surface area contributed by atoms with Gasteiger partial charge in [-0.15, -0.1) is 11.3 Å². The Bertz CT molecular complexity index is 481. The van der Waals surface area contributed by atoms with Gasteiger partial charge in [0.25, 0.3) is 0 Å². The van der Waals surface area contributed by atoms with E-state index in [1.165, 1.54) is 17.7 Å². The molecule has 0 amide bonds. The molecule has 0 saturated heterocycles. The first-order valence-electron chi connectivity index (χ1n) is 8.31. The fourth-order valence-corrected chi connectivity index (χ4v) is 3.09. The van der Waals surface area contributed by atoms with Gasteiger partial charge in [-0.25, -0.2) is 9.98 Å². The average molecular weight is 324 g/mol. The Morgan fingerprint density at radius 3 is 2.82 bits per heavy atom. The van der Waals surface area contributed by atoms with Crippen molar-refractivity contribution in [2.45, 2.75) is 58.7 Å². The molecule has 0 aliphatic heterocycles. The summed E-state index contributed by atoms with van der Waals surface area (Å²) in [6.45, 7) is 8.95. The van der Waals surface area contributed by atoms with Crippen molar-refractivity contribution in [2.75, 3.05) is 20.1 Å². The van der Waals surface area contributed by atoms with Gasteiger partial charge in [0.1, 0.15) is 5.01 Å². The second kappa shape index (κ2) is 8.48. The van der Waals surface area contributed by atoms with Crippen LogP contribution in [0.4, 0.5) is 0 Å². The molecular formula is C16H29N5S. The highest BCUT2D eigenvalue weighted by molar-refractivity contribution is 7.11. The number of aromatic nitrogens is 1. The molecular weight excluding hydrogens is 294 g/mol. The largest absolute Gasteiger partial charge is 0.357 e. The van der Waals surface area contributed by atoms with Crippen molar-refractivity contribution < 1.29 is 0 Å². The number of aryl methyl sites for hydroxylation is 1. The summed E-state index contributed by atoms with van der Waals surface area (Å²) in [6, 6.07) is 1.31. The molecule has 124 valence electrons. The Morgan fingerprint density at radius 2 is 2.23 bits per heavy atom. The third-order valence-electron chi connectivity index (χ3n) is 4.05. The number of nitrogens with one attached hydrogen (secondary N) is 2. The summed E-state index contributed by atoms with van der Waals surface area (Å²) in [6.07, 6.45) is 5.70. The van der Waals surface area contributed by atoms with Crippen LogP contribution in [-0.4, -0.2) is 48.1 Å². The molecule has 0 aromatic carbocycles. The van der Waals surface area contributed by atoms with Crippen molar-refractivity contribution in [1.29, 1.82) is 0 Å². The van der Waals surface area contributed by atoms with Gasteiger partial charge in [-0.3, -0.25) is 4.90 Å². The average Bonchev–Trinajstić information content (AvgIpc) is 3.27. The number of rotatable bonds is 8. The van der Waals surface area contributed by atoms with Gasteiger partial charge in [-0.2, -0.15) is 0 Å². The number of likely N-dealkylation sites (N-methyl/N-ethyl adjacent to an activating group) is 1. The standard InChI is InChI=1S/C16H29N5S/c1-5-14-10-18-15(22-14)11-20-16(17-6-2)19-9-12(3)21(4)13-7-8-13/h10,12-13H,5-9,11H2,1-4H3,(H2,17,19,20). The van der Waals surface area contributed by atoms with E-state index in [1.54, 1.807) is 11.3 Å². The summed E-state index contributed by atoms with van der Waals surface area (Å²) in [7, 11) is 2.22. The molecule has 1 atom stereocenters. The monoisotopic (exact) mass is 323 g/mol. The van der Waals surface area contributed by atoms with E-state index in [4.69, 9.17) is 0 Å². The van der Waals surface area contributed by atoms with Crippen LogP contribution in [0.25, 0.3) is 0 Å². The molecule has 0 radical (unpaired) electrons. The molecule has 5 nitrogen and oxygen atoms in total. The normalized spacial score (nSPS) is 16.9. The summed E-state index contributed by atoms with van der Waals surface area (Å²) in [5.74, 6) is 0.881. The predicted octanol–water partition coefficient (Wildman–Crippen LogP) is 2.24. The Balaban J connectivity index is 1.83. The van der Waals surface area contributed by atoms with E-state index in [0.717, 1.165) is 36.5 Å². The van der Waals surface area contributed by atoms with E-state index in [9.17, 15) is 0 Å². The van der Waals surface area contributed by atoms with Gasteiger partial charge in [0, 0.05) is 36.2 Å². The predicted molar refractivity (Wildman–Crippen MR) is 94.6 cm³/mol. The molecule has 1 saturated carbocycles. The van der Waals surface area contributed by atoms with Crippen LogP contribution < -0.4 is 10.6 Å². The Labute approximate surface area is 138 Å². The van der Waals surface area contributed by atoms with Crippen LogP contribution in [0.2, 0.25) is 0 Å². The molecule has 0 spiro atoms. The van der Waals surface area contributed by atoms with E-state index in [1.807, 2.05) is 6.20 Å². The zero-order valence-electron chi connectivity index (χ0n) is 14.2. The van der Waals surface area contributed by atoms with Crippen LogP contribution in [0.1, 0.15) is 43.5 Å². The van der Waals surface area contributed by atoms with E-state index >= 15 is 0 Å². The van der Waals surface area contributed by atoms with Crippen molar-refractivity contribution in [1.82, 2.24) is 20.5 Å². The Hall–Kier alpha value is -1.14. The zero-order chi connectivity index (χ0) is 15.9. The zero-order valence-corrected chi connectivity index (χ0v) is 15.0. The molecule has 2 rings (SSSR count). The summed E-state index contributed by atoms with van der Waals surface area (Å²) in [5, 5.41) is 7.84. The van der Waals surface area contributed by atoms with Crippen molar-refractivity contribution in [3.05, 3.63) is 16.1 Å². The van der Waals surface area contributed by atoms with Gasteiger partial charge in [0.2, 0.25) is 0 Å². The van der Waals surface area contributed by atoms with Crippen LogP contribution >= 0.6 is 11.3 Å². The molecule has 1 heterocycles. The second-order valence-electron chi connectivity index (χ2n) is 5.90. The van der Waals surface area contributed by atoms with E-state index in [2.05, 4.69) is 53.3 Å². The SMILES string of the molecule is CCNC(=NCc1ncc(CC)s1)NCC(C)N(C)C1CC1. The number of nitrogens with zero attached hydrogens (tertiary/aromatic N) is 3. The third kappa shape index (κ3) is 5.25. The molecule has 1 fully saturated rings. The topological polar surface area (TPSA) is 52.6 Å². The smallest absolute Gasteiger partial charge is 0.191 e. The van der Waals surface area contributed by atoms with Crippen LogP contribution in [0.15, 0.2) is 11.2 Å². The first kappa shape index (κ1) is 17.2. The van der Waals surface area contributed by atoms with E-state index in [-0.39, 0.29) is 0 Å². The summed E-state index contributed by atoms with van der Waals surface area (Å²) < 4.78 is 0. The van der Waals surface area contributed by atoms with Gasteiger partial charge in [0.05, 0.1) is 6.54 Å². The van der Waals surface area contributed by atoms with E-state index in [0.29, 0.717) is 12.6 Å². The molecule has 2 N–H and O–H groups in total. The fraction of sp³-hybridized carbons (Fsp3) is 0.750. The summed E-state index contributed by atoms with van der Waals surface area (Å²) in [4.78, 5) is 12.9. The van der Waals surface area contributed by atoms with Gasteiger partial charge in [0.15, 0.2) is 5.96 Å². The first-order chi connectivity index (χ1) is 10.6. The molecule has 1 unspecified atom stereocenters. The third-order valence-corrected chi connectivity index (χ3v) is 5.18. The van der Waals surface area contributed by atoms with Crippen molar-refractivity contribution in [2.24, 2.45) is 4.99 Å². The van der Waals surface area contributed by atoms with Gasteiger partial charge < -0.3 is 10.6 Å². The van der Waals surface area contributed by atoms with Crippen LogP contribution in [0, 0.1) is 0 Å². The van der Waals surface area contributed by atoms with Crippen LogP contribution in [0.3, 0.4) is 0 Å². The highest BCUT2D eigenvalue weighted by Crippen LogP contribution is 2.26. The highest BCUT2D eigenvalue weighted by atomic mass is 32.1. The highest BCUT2D eigenvalue weighted by Gasteiger charge is 2.28. The minimum Gasteiger partial charge on any atom is -0.357 e. The molecule has 1 aliphatic rings. The first-order valence-corrected chi connectivity index (χ1v) is 9.13. The van der Waals surface area contributed by atoms with E-state index < -0.39 is 0 Å². The minimum atomic E-state index is 0.517. The Morgan fingerprint density at radius 1 is 1.45 bits per heavy atom. The number of hydrogen-bond acceptors (Lipinski definition) is 4. The lowest BCUT2D eigenvalue weighted by molar-refractivity contribution is 0.247. The lowest BCUT2D eigenvalue weighted by Gasteiger charge is -2.25. The number of thiazole rings is 1. The van der Waals surface area contributed by atoms with Gasteiger partial charge in [-0.1, -0.05) is 6.92 Å². The molecule has 1 aliphatic carbocycles. The van der Waals surface area contributed by atoms with Crippen molar-refractivity contribution in [3.8, 4) is 0 Å². The number of aliphatic imine (C=N–C) groups is 1. The minimum absolute atomic E-state index is 0.517. The second-order valence-corrected chi connectivity index (χ2v) is 7.10. The quantitative estimate of drug-likeness (QED) is 0.569. The van der Waals surface area contributed by atoms with Gasteiger partial charge in [-0.05, 0) is 40.2 Å². The Kier molecular flexibility index (Phi) is 6.64.